The van der Waals surface area contributed by atoms with Gasteiger partial charge in [-0.15, -0.1) is 0 Å². The second-order valence-electron chi connectivity index (χ2n) is 4.97. The van der Waals surface area contributed by atoms with Gasteiger partial charge in [-0.1, -0.05) is 15.9 Å². The van der Waals surface area contributed by atoms with Crippen LogP contribution in [0, 0.1) is 10.5 Å². The summed E-state index contributed by atoms with van der Waals surface area (Å²) in [5.41, 5.74) is 4.40. The highest BCUT2D eigenvalue weighted by Crippen LogP contribution is 2.20. The summed E-state index contributed by atoms with van der Waals surface area (Å²) >= 11 is 5.80. The average Bonchev–Trinajstić information content (AvgIpc) is 2.98. The van der Waals surface area contributed by atoms with Crippen LogP contribution in [0.15, 0.2) is 70.3 Å². The molecule has 3 aromatic rings. The minimum atomic E-state index is 0.974. The van der Waals surface area contributed by atoms with Crippen LogP contribution < -0.4 is 0 Å². The molecule has 0 saturated carbocycles. The van der Waals surface area contributed by atoms with Crippen LogP contribution >= 0.6 is 38.5 Å². The van der Waals surface area contributed by atoms with Crippen LogP contribution in [0.25, 0.3) is 5.69 Å². The van der Waals surface area contributed by atoms with E-state index in [0.29, 0.717) is 0 Å². The summed E-state index contributed by atoms with van der Waals surface area (Å²) in [6.45, 7) is 2.10. The smallest absolute Gasteiger partial charge is 0.0639 e. The highest BCUT2D eigenvalue weighted by atomic mass is 127. The van der Waals surface area contributed by atoms with Crippen molar-refractivity contribution in [2.24, 2.45) is 4.99 Å². The SMILES string of the molecule is Cc1cc(N=Cc2cccn2-c2ccc(Br)cc2)ccc1I. The van der Waals surface area contributed by atoms with Gasteiger partial charge in [0.1, 0.15) is 0 Å². The first-order valence-corrected chi connectivity index (χ1v) is 8.74. The van der Waals surface area contributed by atoms with Crippen LogP contribution in [0.5, 0.6) is 0 Å². The van der Waals surface area contributed by atoms with Gasteiger partial charge in [-0.05, 0) is 89.7 Å². The van der Waals surface area contributed by atoms with Crippen molar-refractivity contribution in [2.45, 2.75) is 6.92 Å². The standard InChI is InChI=1S/C18H14BrIN2/c1-13-11-15(6-9-18(13)20)21-12-17-3-2-10-22(17)16-7-4-14(19)5-8-16/h2-12H,1H3. The van der Waals surface area contributed by atoms with Crippen molar-refractivity contribution in [1.29, 1.82) is 0 Å². The largest absolute Gasteiger partial charge is 0.316 e. The van der Waals surface area contributed by atoms with E-state index in [1.54, 1.807) is 0 Å². The molecule has 0 N–H and O–H groups in total. The molecule has 0 aliphatic heterocycles. The van der Waals surface area contributed by atoms with E-state index in [1.807, 2.05) is 36.7 Å². The molecule has 0 aliphatic carbocycles. The van der Waals surface area contributed by atoms with E-state index < -0.39 is 0 Å². The first-order valence-electron chi connectivity index (χ1n) is 6.87. The maximum atomic E-state index is 4.60. The van der Waals surface area contributed by atoms with Crippen LogP contribution in [0.4, 0.5) is 5.69 Å². The third-order valence-electron chi connectivity index (χ3n) is 3.37. The summed E-state index contributed by atoms with van der Waals surface area (Å²) in [4.78, 5) is 4.60. The highest BCUT2D eigenvalue weighted by molar-refractivity contribution is 14.1. The molecule has 0 bridgehead atoms. The van der Waals surface area contributed by atoms with E-state index in [0.717, 1.165) is 21.5 Å². The predicted molar refractivity (Wildman–Crippen MR) is 105 cm³/mol. The van der Waals surface area contributed by atoms with Gasteiger partial charge in [-0.2, -0.15) is 0 Å². The second kappa shape index (κ2) is 6.79. The predicted octanol–water partition coefficient (Wildman–Crippen LogP) is 5.90. The molecule has 0 unspecified atom stereocenters. The molecule has 0 atom stereocenters. The third kappa shape index (κ3) is 3.50. The third-order valence-corrected chi connectivity index (χ3v) is 5.11. The van der Waals surface area contributed by atoms with Crippen molar-refractivity contribution >= 4 is 50.4 Å². The summed E-state index contributed by atoms with van der Waals surface area (Å²) in [5.74, 6) is 0. The van der Waals surface area contributed by atoms with E-state index >= 15 is 0 Å². The molecule has 1 aromatic heterocycles. The van der Waals surface area contributed by atoms with Crippen molar-refractivity contribution in [2.75, 3.05) is 0 Å². The first-order chi connectivity index (χ1) is 10.6. The fraction of sp³-hybridized carbons (Fsp3) is 0.0556. The average molecular weight is 465 g/mol. The number of benzene rings is 2. The molecular formula is C18H14BrIN2. The summed E-state index contributed by atoms with van der Waals surface area (Å²) < 4.78 is 4.46. The van der Waals surface area contributed by atoms with E-state index in [-0.39, 0.29) is 0 Å². The topological polar surface area (TPSA) is 17.3 Å². The summed E-state index contributed by atoms with van der Waals surface area (Å²) in [6, 6.07) is 18.6. The number of halogens is 2. The van der Waals surface area contributed by atoms with Crippen molar-refractivity contribution in [1.82, 2.24) is 4.57 Å². The quantitative estimate of drug-likeness (QED) is 0.339. The molecule has 3 rings (SSSR count). The van der Waals surface area contributed by atoms with E-state index in [4.69, 9.17) is 0 Å². The van der Waals surface area contributed by atoms with Gasteiger partial charge in [-0.25, -0.2) is 0 Å². The minimum absolute atomic E-state index is 0.974. The number of hydrogen-bond donors (Lipinski definition) is 0. The maximum Gasteiger partial charge on any atom is 0.0639 e. The van der Waals surface area contributed by atoms with Gasteiger partial charge in [0, 0.05) is 19.9 Å². The molecule has 22 heavy (non-hydrogen) atoms. The molecule has 110 valence electrons. The number of aryl methyl sites for hydroxylation is 1. The zero-order valence-corrected chi connectivity index (χ0v) is 15.7. The Balaban J connectivity index is 1.90. The van der Waals surface area contributed by atoms with E-state index in [2.05, 4.69) is 85.3 Å². The van der Waals surface area contributed by atoms with Crippen molar-refractivity contribution in [3.63, 3.8) is 0 Å². The Hall–Kier alpha value is -1.40. The number of nitrogens with zero attached hydrogens (tertiary/aromatic N) is 2. The van der Waals surface area contributed by atoms with Gasteiger partial charge < -0.3 is 4.57 Å². The van der Waals surface area contributed by atoms with Crippen LogP contribution in [-0.4, -0.2) is 10.8 Å². The van der Waals surface area contributed by atoms with Gasteiger partial charge in [0.25, 0.3) is 0 Å². The Morgan fingerprint density at radius 3 is 2.59 bits per heavy atom. The Morgan fingerprint density at radius 2 is 1.86 bits per heavy atom. The Bertz CT molecular complexity index is 819. The molecule has 0 aliphatic rings. The molecule has 1 heterocycles. The van der Waals surface area contributed by atoms with Crippen LogP contribution in [-0.2, 0) is 0 Å². The number of aromatic nitrogens is 1. The normalized spacial score (nSPS) is 11.2. The lowest BCUT2D eigenvalue weighted by molar-refractivity contribution is 1.07. The van der Waals surface area contributed by atoms with Crippen LogP contribution in [0.3, 0.4) is 0 Å². The fourth-order valence-electron chi connectivity index (χ4n) is 2.19. The van der Waals surface area contributed by atoms with Crippen molar-refractivity contribution in [3.05, 3.63) is 80.1 Å². The number of aliphatic imine (C=N–C) groups is 1. The lowest BCUT2D eigenvalue weighted by Crippen LogP contribution is -1.97. The van der Waals surface area contributed by atoms with Crippen molar-refractivity contribution in [3.8, 4) is 5.69 Å². The maximum absolute atomic E-state index is 4.60. The zero-order chi connectivity index (χ0) is 15.5. The van der Waals surface area contributed by atoms with Gasteiger partial charge >= 0.3 is 0 Å². The monoisotopic (exact) mass is 464 g/mol. The molecular weight excluding hydrogens is 451 g/mol. The van der Waals surface area contributed by atoms with Crippen molar-refractivity contribution < 1.29 is 0 Å². The first kappa shape index (κ1) is 15.5. The summed E-state index contributed by atoms with van der Waals surface area (Å²) in [6.07, 6.45) is 3.95. The Morgan fingerprint density at radius 1 is 1.09 bits per heavy atom. The molecule has 0 radical (unpaired) electrons. The molecule has 0 amide bonds. The van der Waals surface area contributed by atoms with E-state index in [1.165, 1.54) is 9.13 Å². The lowest BCUT2D eigenvalue weighted by Gasteiger charge is -2.06. The van der Waals surface area contributed by atoms with Crippen LogP contribution in [0.1, 0.15) is 11.3 Å². The second-order valence-corrected chi connectivity index (χ2v) is 7.05. The molecule has 0 fully saturated rings. The molecule has 2 nitrogen and oxygen atoms in total. The summed E-state index contributed by atoms with van der Waals surface area (Å²) in [7, 11) is 0. The number of rotatable bonds is 3. The van der Waals surface area contributed by atoms with Gasteiger partial charge in [0.15, 0.2) is 0 Å². The van der Waals surface area contributed by atoms with Gasteiger partial charge in [-0.3, -0.25) is 4.99 Å². The zero-order valence-electron chi connectivity index (χ0n) is 12.0. The highest BCUT2D eigenvalue weighted by Gasteiger charge is 2.01. The Labute approximate surface area is 152 Å². The minimum Gasteiger partial charge on any atom is -0.316 e. The van der Waals surface area contributed by atoms with E-state index in [9.17, 15) is 0 Å². The molecule has 0 saturated heterocycles. The molecule has 0 spiro atoms. The number of hydrogen-bond acceptors (Lipinski definition) is 1. The van der Waals surface area contributed by atoms with Gasteiger partial charge in [0.05, 0.1) is 17.6 Å². The fourth-order valence-corrected chi connectivity index (χ4v) is 2.79. The lowest BCUT2D eigenvalue weighted by atomic mass is 10.2. The molecule has 4 heteroatoms. The summed E-state index contributed by atoms with van der Waals surface area (Å²) in [5, 5.41) is 0. The Kier molecular flexibility index (Phi) is 4.78. The van der Waals surface area contributed by atoms with Crippen LogP contribution in [0.2, 0.25) is 0 Å². The van der Waals surface area contributed by atoms with Gasteiger partial charge in [0.2, 0.25) is 0 Å². The molecule has 2 aromatic carbocycles.